The molecular weight excluding hydrogens is 478 g/mol. The predicted molar refractivity (Wildman–Crippen MR) is 138 cm³/mol. The number of nitrogens with one attached hydrogen (secondary N) is 2. The molecule has 0 heterocycles. The first-order valence-electron chi connectivity index (χ1n) is 12.2. The number of carbonyl (C=O) groups is 1. The topological polar surface area (TPSA) is 102 Å². The molecule has 1 amide bonds. The van der Waals surface area contributed by atoms with Crippen molar-refractivity contribution in [2.75, 3.05) is 13.1 Å². The van der Waals surface area contributed by atoms with Crippen LogP contribution in [0.4, 0.5) is 8.78 Å². The quantitative estimate of drug-likeness (QED) is 0.266. The molecule has 0 spiro atoms. The number of benzene rings is 3. The summed E-state index contributed by atoms with van der Waals surface area (Å²) >= 11 is 0. The lowest BCUT2D eigenvalue weighted by Gasteiger charge is -2.28. The van der Waals surface area contributed by atoms with E-state index in [1.807, 2.05) is 19.9 Å². The highest BCUT2D eigenvalue weighted by molar-refractivity contribution is 5.94. The van der Waals surface area contributed by atoms with E-state index in [9.17, 15) is 28.9 Å². The van der Waals surface area contributed by atoms with Crippen LogP contribution >= 0.6 is 0 Å². The monoisotopic (exact) mass is 512 g/mol. The molecule has 0 aromatic heterocycles. The van der Waals surface area contributed by atoms with Gasteiger partial charge in [0.1, 0.15) is 5.75 Å². The summed E-state index contributed by atoms with van der Waals surface area (Å²) in [5, 5.41) is 35.7. The van der Waals surface area contributed by atoms with Crippen LogP contribution < -0.4 is 10.6 Å². The number of aliphatic hydroxyl groups is 2. The van der Waals surface area contributed by atoms with Crippen molar-refractivity contribution in [3.05, 3.63) is 99.6 Å². The lowest BCUT2D eigenvalue weighted by atomic mass is 9.93. The van der Waals surface area contributed by atoms with Gasteiger partial charge in [0.2, 0.25) is 0 Å². The Labute approximate surface area is 216 Å². The van der Waals surface area contributed by atoms with Gasteiger partial charge in [-0.05, 0) is 80.1 Å². The molecule has 3 rings (SSSR count). The minimum Gasteiger partial charge on any atom is -0.508 e. The Hall–Kier alpha value is -3.33. The van der Waals surface area contributed by atoms with Gasteiger partial charge in [-0.2, -0.15) is 0 Å². The Kier molecular flexibility index (Phi) is 9.37. The molecule has 0 aliphatic heterocycles. The summed E-state index contributed by atoms with van der Waals surface area (Å²) in [6.45, 7) is 5.56. The summed E-state index contributed by atoms with van der Waals surface area (Å²) in [7, 11) is 0. The standard InChI is InChI=1S/C29H34F2N2O4/c1-18-7-8-20(27(31)26(18)30)11-12-32-28(37)22-6-4-5-19(13-22)15-29(2,3)33-16-25(36)21-9-10-24(35)23(14-21)17-34/h4-10,13-14,25,33-36H,11-12,15-17H2,1-3H3,(H,32,37)/t25-/m0/s1. The number of hydrogen-bond acceptors (Lipinski definition) is 5. The van der Waals surface area contributed by atoms with E-state index in [1.165, 1.54) is 25.1 Å². The fourth-order valence-corrected chi connectivity index (χ4v) is 4.12. The largest absolute Gasteiger partial charge is 0.508 e. The van der Waals surface area contributed by atoms with Crippen LogP contribution in [-0.2, 0) is 19.4 Å². The summed E-state index contributed by atoms with van der Waals surface area (Å²) < 4.78 is 27.8. The van der Waals surface area contributed by atoms with E-state index in [-0.39, 0.29) is 48.9 Å². The van der Waals surface area contributed by atoms with Crippen LogP contribution in [0.3, 0.4) is 0 Å². The molecule has 0 bridgehead atoms. The second kappa shape index (κ2) is 12.3. The molecule has 3 aromatic rings. The normalized spacial score (nSPS) is 12.4. The van der Waals surface area contributed by atoms with E-state index in [2.05, 4.69) is 10.6 Å². The summed E-state index contributed by atoms with van der Waals surface area (Å²) in [6.07, 6.45) is -0.0880. The third-order valence-corrected chi connectivity index (χ3v) is 6.30. The molecule has 0 saturated carbocycles. The molecule has 0 aliphatic carbocycles. The molecule has 6 nitrogen and oxygen atoms in total. The van der Waals surface area contributed by atoms with Crippen LogP contribution in [0.5, 0.6) is 5.75 Å². The average molecular weight is 513 g/mol. The predicted octanol–water partition coefficient (Wildman–Crippen LogP) is 4.09. The lowest BCUT2D eigenvalue weighted by molar-refractivity contribution is 0.0954. The number of aryl methyl sites for hydroxylation is 1. The summed E-state index contributed by atoms with van der Waals surface area (Å²) in [4.78, 5) is 12.6. The smallest absolute Gasteiger partial charge is 0.251 e. The van der Waals surface area contributed by atoms with Crippen molar-refractivity contribution in [3.63, 3.8) is 0 Å². The number of aromatic hydroxyl groups is 1. The zero-order valence-corrected chi connectivity index (χ0v) is 21.3. The molecule has 0 aliphatic rings. The van der Waals surface area contributed by atoms with Gasteiger partial charge in [0.25, 0.3) is 5.91 Å². The van der Waals surface area contributed by atoms with Crippen molar-refractivity contribution < 1.29 is 28.9 Å². The molecule has 8 heteroatoms. The third-order valence-electron chi connectivity index (χ3n) is 6.30. The van der Waals surface area contributed by atoms with Crippen LogP contribution in [0, 0.1) is 18.6 Å². The third kappa shape index (κ3) is 7.58. The van der Waals surface area contributed by atoms with Crippen molar-refractivity contribution in [3.8, 4) is 5.75 Å². The molecule has 3 aromatic carbocycles. The fourth-order valence-electron chi connectivity index (χ4n) is 4.12. The molecule has 1 atom stereocenters. The Bertz CT molecular complexity index is 1250. The number of carbonyl (C=O) groups excluding carboxylic acids is 1. The van der Waals surface area contributed by atoms with Gasteiger partial charge in [-0.15, -0.1) is 0 Å². The summed E-state index contributed by atoms with van der Waals surface area (Å²) in [6, 6.07) is 14.9. The number of rotatable bonds is 11. The lowest BCUT2D eigenvalue weighted by Crippen LogP contribution is -2.43. The Morgan fingerprint density at radius 2 is 1.78 bits per heavy atom. The minimum absolute atomic E-state index is 0.0214. The van der Waals surface area contributed by atoms with E-state index in [0.717, 1.165) is 5.56 Å². The van der Waals surface area contributed by atoms with Gasteiger partial charge in [-0.3, -0.25) is 4.79 Å². The number of halogens is 2. The minimum atomic E-state index is -0.879. The molecule has 0 unspecified atom stereocenters. The molecule has 198 valence electrons. The van der Waals surface area contributed by atoms with Crippen LogP contribution in [0.15, 0.2) is 54.6 Å². The maximum Gasteiger partial charge on any atom is 0.251 e. The fraction of sp³-hybridized carbons (Fsp3) is 0.345. The second-order valence-corrected chi connectivity index (χ2v) is 9.88. The maximum atomic E-state index is 14.1. The van der Waals surface area contributed by atoms with Crippen LogP contribution in [-0.4, -0.2) is 39.9 Å². The molecule has 0 radical (unpaired) electrons. The van der Waals surface area contributed by atoms with Gasteiger partial charge >= 0.3 is 0 Å². The summed E-state index contributed by atoms with van der Waals surface area (Å²) in [5.41, 5.74) is 2.35. The number of aliphatic hydroxyl groups excluding tert-OH is 2. The maximum absolute atomic E-state index is 14.1. The zero-order chi connectivity index (χ0) is 27.2. The molecule has 37 heavy (non-hydrogen) atoms. The van der Waals surface area contributed by atoms with Gasteiger partial charge < -0.3 is 26.0 Å². The number of amides is 1. The van der Waals surface area contributed by atoms with E-state index in [1.54, 1.807) is 30.3 Å². The van der Waals surface area contributed by atoms with Crippen LogP contribution in [0.2, 0.25) is 0 Å². The van der Waals surface area contributed by atoms with E-state index < -0.39 is 23.3 Å². The van der Waals surface area contributed by atoms with E-state index in [0.29, 0.717) is 23.1 Å². The molecule has 0 saturated heterocycles. The highest BCUT2D eigenvalue weighted by Crippen LogP contribution is 2.23. The number of phenols is 1. The van der Waals surface area contributed by atoms with Crippen molar-refractivity contribution in [1.29, 1.82) is 0 Å². The van der Waals surface area contributed by atoms with Gasteiger partial charge in [-0.25, -0.2) is 8.78 Å². The van der Waals surface area contributed by atoms with Crippen LogP contribution in [0.25, 0.3) is 0 Å². The van der Waals surface area contributed by atoms with Gasteiger partial charge in [0.05, 0.1) is 12.7 Å². The van der Waals surface area contributed by atoms with Crippen molar-refractivity contribution in [2.45, 2.75) is 51.9 Å². The Morgan fingerprint density at radius 1 is 1.03 bits per heavy atom. The van der Waals surface area contributed by atoms with Crippen molar-refractivity contribution >= 4 is 5.91 Å². The SMILES string of the molecule is Cc1ccc(CCNC(=O)c2cccc(CC(C)(C)NC[C@H](O)c3ccc(O)c(CO)c3)c2)c(F)c1F. The van der Waals surface area contributed by atoms with Gasteiger partial charge in [0, 0.05) is 29.8 Å². The highest BCUT2D eigenvalue weighted by Gasteiger charge is 2.21. The molecule has 5 N–H and O–H groups in total. The zero-order valence-electron chi connectivity index (χ0n) is 21.3. The molecular formula is C29H34F2N2O4. The van der Waals surface area contributed by atoms with E-state index >= 15 is 0 Å². The van der Waals surface area contributed by atoms with Crippen molar-refractivity contribution in [1.82, 2.24) is 10.6 Å². The van der Waals surface area contributed by atoms with E-state index in [4.69, 9.17) is 0 Å². The van der Waals surface area contributed by atoms with Crippen LogP contribution in [0.1, 0.15) is 58.1 Å². The van der Waals surface area contributed by atoms with Crippen molar-refractivity contribution in [2.24, 2.45) is 0 Å². The second-order valence-electron chi connectivity index (χ2n) is 9.88. The first-order valence-corrected chi connectivity index (χ1v) is 12.2. The first-order chi connectivity index (χ1) is 17.5. The number of hydrogen-bond donors (Lipinski definition) is 5. The summed E-state index contributed by atoms with van der Waals surface area (Å²) in [5.74, 6) is -2.07. The highest BCUT2D eigenvalue weighted by atomic mass is 19.2. The van der Waals surface area contributed by atoms with Gasteiger partial charge in [-0.1, -0.05) is 30.3 Å². The molecule has 0 fully saturated rings. The Balaban J connectivity index is 1.55. The first kappa shape index (κ1) is 28.2. The average Bonchev–Trinajstić information content (AvgIpc) is 2.87. The Morgan fingerprint density at radius 3 is 2.51 bits per heavy atom. The van der Waals surface area contributed by atoms with Gasteiger partial charge in [0.15, 0.2) is 11.6 Å². The number of β-amino-alcohol motifs (C(OH)–C–C–N with tert-alkyl or cyclic N) is 1.